The molecule has 0 aliphatic heterocycles. The maximum atomic E-state index is 13.6. The van der Waals surface area contributed by atoms with Gasteiger partial charge in [-0.1, -0.05) is 18.2 Å². The Balaban J connectivity index is 1.84. The van der Waals surface area contributed by atoms with E-state index >= 15 is 0 Å². The van der Waals surface area contributed by atoms with E-state index in [1.807, 2.05) is 6.07 Å². The zero-order valence-corrected chi connectivity index (χ0v) is 11.8. The number of nitrogens with one attached hydrogen (secondary N) is 1. The van der Waals surface area contributed by atoms with Crippen molar-refractivity contribution in [2.45, 2.75) is 32.2 Å². The number of hydrogen-bond acceptors (Lipinski definition) is 3. The lowest BCUT2D eigenvalue weighted by atomic mass is 9.96. The quantitative estimate of drug-likeness (QED) is 0.875. The largest absolute Gasteiger partial charge is 0.366 e. The third kappa shape index (κ3) is 2.75. The highest BCUT2D eigenvalue weighted by Gasteiger charge is 2.17. The van der Waals surface area contributed by atoms with Crippen LogP contribution in [0.25, 0.3) is 0 Å². The summed E-state index contributed by atoms with van der Waals surface area (Å²) in [5.41, 5.74) is 2.76. The van der Waals surface area contributed by atoms with Gasteiger partial charge in [-0.15, -0.1) is 0 Å². The van der Waals surface area contributed by atoms with Crippen LogP contribution in [0, 0.1) is 5.82 Å². The van der Waals surface area contributed by atoms with Gasteiger partial charge in [0.25, 0.3) is 0 Å². The molecule has 0 fully saturated rings. The van der Waals surface area contributed by atoms with Crippen LogP contribution >= 0.6 is 11.6 Å². The number of fused-ring (bicyclic) bond motifs is 1. The molecule has 3 rings (SSSR count). The molecule has 1 aliphatic rings. The van der Waals surface area contributed by atoms with Crippen molar-refractivity contribution in [3.63, 3.8) is 0 Å². The second kappa shape index (κ2) is 5.75. The van der Waals surface area contributed by atoms with Crippen molar-refractivity contribution < 1.29 is 4.39 Å². The second-order valence-corrected chi connectivity index (χ2v) is 5.26. The van der Waals surface area contributed by atoms with E-state index in [0.717, 1.165) is 42.8 Å². The maximum absolute atomic E-state index is 13.6. The number of benzene rings is 1. The van der Waals surface area contributed by atoms with E-state index in [2.05, 4.69) is 15.3 Å². The molecular weight excluding hydrogens is 277 g/mol. The van der Waals surface area contributed by atoms with E-state index in [9.17, 15) is 4.39 Å². The van der Waals surface area contributed by atoms with Gasteiger partial charge in [-0.25, -0.2) is 14.4 Å². The number of halogens is 2. The van der Waals surface area contributed by atoms with Gasteiger partial charge in [0.05, 0.1) is 5.69 Å². The molecule has 1 aromatic heterocycles. The highest BCUT2D eigenvalue weighted by Crippen LogP contribution is 2.27. The van der Waals surface area contributed by atoms with Crippen molar-refractivity contribution in [1.82, 2.24) is 9.97 Å². The molecule has 0 saturated carbocycles. The normalized spacial score (nSPS) is 13.9. The molecule has 3 nitrogen and oxygen atoms in total. The number of nitrogens with zero attached hydrogens (tertiary/aromatic N) is 2. The number of hydrogen-bond donors (Lipinski definition) is 1. The molecule has 1 aliphatic carbocycles. The SMILES string of the molecule is Fc1ccccc1CNc1nc(Cl)nc2c1CCCC2. The van der Waals surface area contributed by atoms with Crippen molar-refractivity contribution in [1.29, 1.82) is 0 Å². The molecule has 5 heteroatoms. The lowest BCUT2D eigenvalue weighted by Crippen LogP contribution is -2.13. The number of aromatic nitrogens is 2. The smallest absolute Gasteiger partial charge is 0.224 e. The lowest BCUT2D eigenvalue weighted by Gasteiger charge is -2.18. The average Bonchev–Trinajstić information content (AvgIpc) is 2.46. The molecule has 1 aromatic carbocycles. The average molecular weight is 292 g/mol. The van der Waals surface area contributed by atoms with Gasteiger partial charge in [0, 0.05) is 17.7 Å². The zero-order chi connectivity index (χ0) is 13.9. The highest BCUT2D eigenvalue weighted by atomic mass is 35.5. The minimum atomic E-state index is -0.214. The Morgan fingerprint density at radius 3 is 2.80 bits per heavy atom. The van der Waals surface area contributed by atoms with Crippen molar-refractivity contribution in [3.05, 3.63) is 52.2 Å². The van der Waals surface area contributed by atoms with Crippen LogP contribution in [0.4, 0.5) is 10.2 Å². The summed E-state index contributed by atoms with van der Waals surface area (Å²) in [5.74, 6) is 0.525. The minimum Gasteiger partial charge on any atom is -0.366 e. The molecule has 0 radical (unpaired) electrons. The van der Waals surface area contributed by atoms with E-state index in [4.69, 9.17) is 11.6 Å². The topological polar surface area (TPSA) is 37.8 Å². The van der Waals surface area contributed by atoms with Gasteiger partial charge < -0.3 is 5.32 Å². The molecule has 1 heterocycles. The van der Waals surface area contributed by atoms with Gasteiger partial charge in [-0.2, -0.15) is 0 Å². The summed E-state index contributed by atoms with van der Waals surface area (Å²) in [6, 6.07) is 6.72. The molecule has 0 saturated heterocycles. The third-order valence-corrected chi connectivity index (χ3v) is 3.73. The van der Waals surface area contributed by atoms with E-state index in [-0.39, 0.29) is 11.1 Å². The van der Waals surface area contributed by atoms with Crippen LogP contribution in [0.1, 0.15) is 29.7 Å². The Labute approximate surface area is 122 Å². The second-order valence-electron chi connectivity index (χ2n) is 4.92. The van der Waals surface area contributed by atoms with Gasteiger partial charge in [-0.3, -0.25) is 0 Å². The van der Waals surface area contributed by atoms with E-state index in [1.54, 1.807) is 12.1 Å². The fourth-order valence-electron chi connectivity index (χ4n) is 2.53. The summed E-state index contributed by atoms with van der Waals surface area (Å²) in [6.45, 7) is 0.395. The molecule has 20 heavy (non-hydrogen) atoms. The van der Waals surface area contributed by atoms with Gasteiger partial charge in [0.1, 0.15) is 11.6 Å². The molecule has 104 valence electrons. The lowest BCUT2D eigenvalue weighted by molar-refractivity contribution is 0.612. The summed E-state index contributed by atoms with van der Waals surface area (Å²) in [6.07, 6.45) is 4.15. The molecule has 0 bridgehead atoms. The monoisotopic (exact) mass is 291 g/mol. The van der Waals surface area contributed by atoms with E-state index in [0.29, 0.717) is 12.1 Å². The molecule has 0 atom stereocenters. The standard InChI is InChI=1S/C15H15ClFN3/c16-15-19-13-8-4-2-6-11(13)14(20-15)18-9-10-5-1-3-7-12(10)17/h1,3,5,7H,2,4,6,8-9H2,(H,18,19,20). The molecule has 0 amide bonds. The zero-order valence-electron chi connectivity index (χ0n) is 11.0. The van der Waals surface area contributed by atoms with E-state index < -0.39 is 0 Å². The van der Waals surface area contributed by atoms with Crippen molar-refractivity contribution in [3.8, 4) is 0 Å². The highest BCUT2D eigenvalue weighted by molar-refractivity contribution is 6.28. The van der Waals surface area contributed by atoms with Gasteiger partial charge in [0.2, 0.25) is 5.28 Å². The molecule has 2 aromatic rings. The van der Waals surface area contributed by atoms with Crippen molar-refractivity contribution >= 4 is 17.4 Å². The first-order valence-electron chi connectivity index (χ1n) is 6.76. The first-order chi connectivity index (χ1) is 9.74. The van der Waals surface area contributed by atoms with Crippen LogP contribution in [0.3, 0.4) is 0 Å². The van der Waals surface area contributed by atoms with Crippen LogP contribution in [-0.4, -0.2) is 9.97 Å². The number of aryl methyl sites for hydroxylation is 1. The van der Waals surface area contributed by atoms with E-state index in [1.165, 1.54) is 6.07 Å². The van der Waals surface area contributed by atoms with Crippen LogP contribution in [-0.2, 0) is 19.4 Å². The van der Waals surface area contributed by atoms with Crippen LogP contribution in [0.15, 0.2) is 24.3 Å². The minimum absolute atomic E-state index is 0.214. The Morgan fingerprint density at radius 1 is 1.15 bits per heavy atom. The summed E-state index contributed by atoms with van der Waals surface area (Å²) < 4.78 is 13.6. The predicted octanol–water partition coefficient (Wildman–Crippen LogP) is 3.76. The Hall–Kier alpha value is -1.68. The summed E-state index contributed by atoms with van der Waals surface area (Å²) >= 11 is 5.96. The van der Waals surface area contributed by atoms with Crippen LogP contribution in [0.5, 0.6) is 0 Å². The first-order valence-corrected chi connectivity index (χ1v) is 7.14. The van der Waals surface area contributed by atoms with Crippen molar-refractivity contribution in [2.75, 3.05) is 5.32 Å². The Morgan fingerprint density at radius 2 is 1.95 bits per heavy atom. The molecule has 0 spiro atoms. The van der Waals surface area contributed by atoms with Gasteiger partial charge in [-0.05, 0) is 43.4 Å². The van der Waals surface area contributed by atoms with Crippen molar-refractivity contribution in [2.24, 2.45) is 0 Å². The summed E-state index contributed by atoms with van der Waals surface area (Å²) in [4.78, 5) is 8.54. The summed E-state index contributed by atoms with van der Waals surface area (Å²) in [7, 11) is 0. The third-order valence-electron chi connectivity index (χ3n) is 3.56. The maximum Gasteiger partial charge on any atom is 0.224 e. The van der Waals surface area contributed by atoms with Gasteiger partial charge in [0.15, 0.2) is 0 Å². The number of anilines is 1. The van der Waals surface area contributed by atoms with Crippen LogP contribution < -0.4 is 5.32 Å². The molecular formula is C15H15ClFN3. The van der Waals surface area contributed by atoms with Gasteiger partial charge >= 0.3 is 0 Å². The first kappa shape index (κ1) is 13.3. The molecule has 1 N–H and O–H groups in total. The van der Waals surface area contributed by atoms with Crippen LogP contribution in [0.2, 0.25) is 5.28 Å². The Bertz CT molecular complexity index is 631. The molecule has 0 unspecified atom stereocenters. The fraction of sp³-hybridized carbons (Fsp3) is 0.333. The predicted molar refractivity (Wildman–Crippen MR) is 77.4 cm³/mol. The Kier molecular flexibility index (Phi) is 3.83. The number of rotatable bonds is 3. The fourth-order valence-corrected chi connectivity index (χ4v) is 2.72. The summed E-state index contributed by atoms with van der Waals surface area (Å²) in [5, 5.41) is 3.45.